The molecule has 4 aromatic rings. The van der Waals surface area contributed by atoms with Gasteiger partial charge in [0.25, 0.3) is 0 Å². The van der Waals surface area contributed by atoms with Gasteiger partial charge in [-0.15, -0.1) is 0 Å². The molecular formula is C23H16F2O4. The Morgan fingerprint density at radius 3 is 2.28 bits per heavy atom. The quantitative estimate of drug-likeness (QED) is 0.430. The monoisotopic (exact) mass is 394 g/mol. The fourth-order valence-electron chi connectivity index (χ4n) is 3.07. The lowest BCUT2D eigenvalue weighted by atomic mass is 10.0. The number of hydrogen-bond donors (Lipinski definition) is 0. The largest absolute Gasteiger partial charge is 0.497 e. The van der Waals surface area contributed by atoms with Gasteiger partial charge in [-0.25, -0.2) is 13.6 Å². The van der Waals surface area contributed by atoms with E-state index in [1.165, 1.54) is 30.3 Å². The molecule has 146 valence electrons. The summed E-state index contributed by atoms with van der Waals surface area (Å²) in [6, 6.07) is 17.3. The van der Waals surface area contributed by atoms with E-state index in [1.807, 2.05) is 12.1 Å². The third-order valence-electron chi connectivity index (χ3n) is 4.56. The highest BCUT2D eigenvalue weighted by Gasteiger charge is 2.12. The third-order valence-corrected chi connectivity index (χ3v) is 4.56. The van der Waals surface area contributed by atoms with Crippen molar-refractivity contribution in [2.24, 2.45) is 0 Å². The molecule has 3 aromatic carbocycles. The van der Waals surface area contributed by atoms with Gasteiger partial charge in [-0.05, 0) is 47.5 Å². The summed E-state index contributed by atoms with van der Waals surface area (Å²) in [5, 5.41) is 0.708. The zero-order chi connectivity index (χ0) is 20.4. The molecule has 0 spiro atoms. The molecule has 4 rings (SSSR count). The Bertz CT molecular complexity index is 1210. The van der Waals surface area contributed by atoms with Gasteiger partial charge in [-0.3, -0.25) is 0 Å². The van der Waals surface area contributed by atoms with E-state index in [2.05, 4.69) is 0 Å². The van der Waals surface area contributed by atoms with Gasteiger partial charge in [0.2, 0.25) is 0 Å². The molecule has 0 N–H and O–H groups in total. The van der Waals surface area contributed by atoms with Crippen LogP contribution in [-0.4, -0.2) is 7.11 Å². The second-order valence-electron chi connectivity index (χ2n) is 6.35. The summed E-state index contributed by atoms with van der Waals surface area (Å²) < 4.78 is 43.5. The zero-order valence-electron chi connectivity index (χ0n) is 15.4. The van der Waals surface area contributed by atoms with E-state index in [9.17, 15) is 13.6 Å². The molecule has 0 aliphatic heterocycles. The molecule has 4 nitrogen and oxygen atoms in total. The van der Waals surface area contributed by atoms with Crippen molar-refractivity contribution < 1.29 is 22.7 Å². The van der Waals surface area contributed by atoms with E-state index in [-0.39, 0.29) is 12.2 Å². The van der Waals surface area contributed by atoms with E-state index in [0.717, 1.165) is 5.56 Å². The highest BCUT2D eigenvalue weighted by molar-refractivity contribution is 5.93. The van der Waals surface area contributed by atoms with Crippen LogP contribution in [0.15, 0.2) is 75.9 Å². The first-order chi connectivity index (χ1) is 14.0. The predicted molar refractivity (Wildman–Crippen MR) is 105 cm³/mol. The molecule has 0 aliphatic carbocycles. The van der Waals surface area contributed by atoms with Crippen molar-refractivity contribution in [3.05, 3.63) is 94.3 Å². The van der Waals surface area contributed by atoms with Gasteiger partial charge in [0.1, 0.15) is 35.3 Å². The van der Waals surface area contributed by atoms with E-state index in [1.54, 1.807) is 31.4 Å². The highest BCUT2D eigenvalue weighted by Crippen LogP contribution is 2.31. The molecule has 0 saturated carbocycles. The van der Waals surface area contributed by atoms with Gasteiger partial charge < -0.3 is 13.9 Å². The van der Waals surface area contributed by atoms with Gasteiger partial charge >= 0.3 is 5.63 Å². The lowest BCUT2D eigenvalue weighted by Crippen LogP contribution is -2.02. The van der Waals surface area contributed by atoms with Gasteiger partial charge in [0, 0.05) is 17.5 Å². The Morgan fingerprint density at radius 1 is 0.897 bits per heavy atom. The first kappa shape index (κ1) is 18.7. The summed E-state index contributed by atoms with van der Waals surface area (Å²) in [5.74, 6) is -0.328. The van der Waals surface area contributed by atoms with Crippen molar-refractivity contribution in [2.75, 3.05) is 7.11 Å². The van der Waals surface area contributed by atoms with Crippen LogP contribution in [0.5, 0.6) is 11.5 Å². The van der Waals surface area contributed by atoms with Crippen LogP contribution in [0.25, 0.3) is 22.1 Å². The van der Waals surface area contributed by atoms with Crippen LogP contribution < -0.4 is 15.1 Å². The van der Waals surface area contributed by atoms with E-state index in [4.69, 9.17) is 13.9 Å². The standard InChI is InChI=1S/C23H16F2O4/c1-27-15-7-5-14(6-8-15)18-12-23(26)29-22-11-16(9-10-17(18)22)28-13-19-20(24)3-2-4-21(19)25/h2-12H,13H2,1H3. The second-order valence-corrected chi connectivity index (χ2v) is 6.35. The summed E-state index contributed by atoms with van der Waals surface area (Å²) in [5.41, 5.74) is 1.16. The first-order valence-corrected chi connectivity index (χ1v) is 8.83. The lowest BCUT2D eigenvalue weighted by Gasteiger charge is -2.10. The first-order valence-electron chi connectivity index (χ1n) is 8.83. The molecule has 0 amide bonds. The Labute approximate surface area is 164 Å². The highest BCUT2D eigenvalue weighted by atomic mass is 19.1. The minimum Gasteiger partial charge on any atom is -0.497 e. The molecule has 29 heavy (non-hydrogen) atoms. The second kappa shape index (κ2) is 7.75. The van der Waals surface area contributed by atoms with Crippen molar-refractivity contribution >= 4 is 11.0 Å². The SMILES string of the molecule is COc1ccc(-c2cc(=O)oc3cc(OCc4c(F)cccc4F)ccc23)cc1. The van der Waals surface area contributed by atoms with Crippen LogP contribution in [0, 0.1) is 11.6 Å². The third kappa shape index (κ3) is 3.82. The number of rotatable bonds is 5. The van der Waals surface area contributed by atoms with E-state index >= 15 is 0 Å². The number of ether oxygens (including phenoxy) is 2. The minimum absolute atomic E-state index is 0.166. The molecule has 0 unspecified atom stereocenters. The van der Waals surface area contributed by atoms with Crippen LogP contribution in [0.4, 0.5) is 8.78 Å². The normalized spacial score (nSPS) is 10.9. The Morgan fingerprint density at radius 2 is 1.59 bits per heavy atom. The molecular weight excluding hydrogens is 378 g/mol. The fourth-order valence-corrected chi connectivity index (χ4v) is 3.07. The van der Waals surface area contributed by atoms with E-state index < -0.39 is 17.3 Å². The van der Waals surface area contributed by atoms with Gasteiger partial charge in [0.05, 0.1) is 12.7 Å². The van der Waals surface area contributed by atoms with Crippen molar-refractivity contribution in [1.29, 1.82) is 0 Å². The molecule has 0 aliphatic rings. The Balaban J connectivity index is 1.68. The molecule has 0 fully saturated rings. The summed E-state index contributed by atoms with van der Waals surface area (Å²) in [6.45, 7) is -0.285. The summed E-state index contributed by atoms with van der Waals surface area (Å²) in [7, 11) is 1.58. The average Bonchev–Trinajstić information content (AvgIpc) is 2.72. The molecule has 0 atom stereocenters. The maximum atomic E-state index is 13.8. The van der Waals surface area contributed by atoms with Gasteiger partial charge in [-0.2, -0.15) is 0 Å². The van der Waals surface area contributed by atoms with Crippen LogP contribution in [0.1, 0.15) is 5.56 Å². The lowest BCUT2D eigenvalue weighted by molar-refractivity contribution is 0.292. The molecule has 0 bridgehead atoms. The van der Waals surface area contributed by atoms with Crippen LogP contribution in [-0.2, 0) is 6.61 Å². The van der Waals surface area contributed by atoms with Crippen LogP contribution in [0.2, 0.25) is 0 Å². The summed E-state index contributed by atoms with van der Waals surface area (Å²) in [6.07, 6.45) is 0. The smallest absolute Gasteiger partial charge is 0.336 e. The van der Waals surface area contributed by atoms with Gasteiger partial charge in [0.15, 0.2) is 0 Å². The number of methoxy groups -OCH3 is 1. The van der Waals surface area contributed by atoms with E-state index in [0.29, 0.717) is 28.0 Å². The van der Waals surface area contributed by atoms with Crippen molar-refractivity contribution in [3.63, 3.8) is 0 Å². The number of halogens is 2. The maximum absolute atomic E-state index is 13.8. The molecule has 0 radical (unpaired) electrons. The van der Waals surface area contributed by atoms with Crippen LogP contribution in [0.3, 0.4) is 0 Å². The predicted octanol–water partition coefficient (Wildman–Crippen LogP) is 5.33. The fraction of sp³-hybridized carbons (Fsp3) is 0.0870. The van der Waals surface area contributed by atoms with Crippen molar-refractivity contribution in [1.82, 2.24) is 0 Å². The Hall–Kier alpha value is -3.67. The van der Waals surface area contributed by atoms with Gasteiger partial charge in [-0.1, -0.05) is 18.2 Å². The molecule has 1 heterocycles. The number of benzene rings is 3. The average molecular weight is 394 g/mol. The molecule has 0 saturated heterocycles. The minimum atomic E-state index is -0.681. The Kier molecular flexibility index (Phi) is 4.99. The van der Waals surface area contributed by atoms with Crippen molar-refractivity contribution in [2.45, 2.75) is 6.61 Å². The molecule has 1 aromatic heterocycles. The number of hydrogen-bond acceptors (Lipinski definition) is 4. The van der Waals surface area contributed by atoms with Crippen LogP contribution >= 0.6 is 0 Å². The number of fused-ring (bicyclic) bond motifs is 1. The summed E-state index contributed by atoms with van der Waals surface area (Å²) >= 11 is 0. The zero-order valence-corrected chi connectivity index (χ0v) is 15.4. The maximum Gasteiger partial charge on any atom is 0.336 e. The topological polar surface area (TPSA) is 48.7 Å². The summed E-state index contributed by atoms with van der Waals surface area (Å²) in [4.78, 5) is 12.0. The molecule has 6 heteroatoms. The van der Waals surface area contributed by atoms with Crippen molar-refractivity contribution in [3.8, 4) is 22.6 Å².